The molecule has 2 saturated heterocycles. The highest BCUT2D eigenvalue weighted by Crippen LogP contribution is 2.31. The van der Waals surface area contributed by atoms with Gasteiger partial charge in [0.15, 0.2) is 0 Å². The highest BCUT2D eigenvalue weighted by molar-refractivity contribution is 9.10. The first kappa shape index (κ1) is 15.8. The summed E-state index contributed by atoms with van der Waals surface area (Å²) in [4.78, 5) is 5.20. The largest absolute Gasteiger partial charge is 0.329 e. The third-order valence-corrected chi connectivity index (χ3v) is 6.06. The minimum atomic E-state index is 0.297. The van der Waals surface area contributed by atoms with E-state index in [1.54, 1.807) is 0 Å². The van der Waals surface area contributed by atoms with E-state index in [1.807, 2.05) is 6.07 Å². The molecule has 2 atom stereocenters. The number of likely N-dealkylation sites (tertiary alicyclic amines) is 2. The van der Waals surface area contributed by atoms with Crippen LogP contribution in [0.3, 0.4) is 0 Å². The van der Waals surface area contributed by atoms with Crippen molar-refractivity contribution in [2.45, 2.75) is 31.3 Å². The predicted octanol–water partition coefficient (Wildman–Crippen LogP) is 3.27. The van der Waals surface area contributed by atoms with E-state index < -0.39 is 0 Å². The Kier molecular flexibility index (Phi) is 5.23. The van der Waals surface area contributed by atoms with Gasteiger partial charge in [-0.05, 0) is 66.0 Å². The van der Waals surface area contributed by atoms with Crippen molar-refractivity contribution in [1.82, 2.24) is 9.80 Å². The molecule has 2 aliphatic heterocycles. The molecule has 2 aliphatic rings. The fourth-order valence-electron chi connectivity index (χ4n) is 3.67. The Morgan fingerprint density at radius 2 is 2.05 bits per heavy atom. The SMILES string of the molecule is NCC(c1ccc(Cl)c(Br)c1)N1CCC(N2CCCC2)C1. The molecule has 0 bridgehead atoms. The van der Waals surface area contributed by atoms with E-state index >= 15 is 0 Å². The molecule has 2 N–H and O–H groups in total. The van der Waals surface area contributed by atoms with Crippen LogP contribution in [-0.4, -0.2) is 48.6 Å². The maximum Gasteiger partial charge on any atom is 0.0548 e. The maximum atomic E-state index is 6.10. The second-order valence-electron chi connectivity index (χ2n) is 6.11. The second kappa shape index (κ2) is 6.97. The van der Waals surface area contributed by atoms with Gasteiger partial charge in [0.25, 0.3) is 0 Å². The highest BCUT2D eigenvalue weighted by Gasteiger charge is 2.32. The molecule has 2 fully saturated rings. The van der Waals surface area contributed by atoms with Gasteiger partial charge in [-0.1, -0.05) is 17.7 Å². The molecule has 0 saturated carbocycles. The van der Waals surface area contributed by atoms with Crippen molar-refractivity contribution in [1.29, 1.82) is 0 Å². The summed E-state index contributed by atoms with van der Waals surface area (Å²) in [5.74, 6) is 0. The van der Waals surface area contributed by atoms with Crippen LogP contribution in [0.1, 0.15) is 30.9 Å². The quantitative estimate of drug-likeness (QED) is 0.880. The molecule has 1 aromatic rings. The molecule has 21 heavy (non-hydrogen) atoms. The van der Waals surface area contributed by atoms with Crippen molar-refractivity contribution in [3.63, 3.8) is 0 Å². The van der Waals surface area contributed by atoms with Gasteiger partial charge >= 0.3 is 0 Å². The zero-order valence-corrected chi connectivity index (χ0v) is 14.6. The number of nitrogens with two attached hydrogens (primary N) is 1. The first-order valence-corrected chi connectivity index (χ1v) is 8.99. The van der Waals surface area contributed by atoms with E-state index in [9.17, 15) is 0 Å². The van der Waals surface area contributed by atoms with Gasteiger partial charge in [0.1, 0.15) is 0 Å². The molecular weight excluding hydrogens is 350 g/mol. The van der Waals surface area contributed by atoms with Gasteiger partial charge in [-0.15, -0.1) is 0 Å². The Bertz CT molecular complexity index is 490. The molecule has 0 radical (unpaired) electrons. The number of hydrogen-bond acceptors (Lipinski definition) is 3. The van der Waals surface area contributed by atoms with Crippen LogP contribution in [-0.2, 0) is 0 Å². The average molecular weight is 373 g/mol. The summed E-state index contributed by atoms with van der Waals surface area (Å²) >= 11 is 9.62. The summed E-state index contributed by atoms with van der Waals surface area (Å²) in [6.45, 7) is 5.49. The van der Waals surface area contributed by atoms with Crippen LogP contribution in [0.4, 0.5) is 0 Å². The third-order valence-electron chi connectivity index (χ3n) is 4.84. The minimum Gasteiger partial charge on any atom is -0.329 e. The number of nitrogens with zero attached hydrogens (tertiary/aromatic N) is 2. The topological polar surface area (TPSA) is 32.5 Å². The van der Waals surface area contributed by atoms with Gasteiger partial charge in [0, 0.05) is 36.2 Å². The van der Waals surface area contributed by atoms with Gasteiger partial charge in [0.2, 0.25) is 0 Å². The minimum absolute atomic E-state index is 0.297. The Labute approximate surface area is 140 Å². The molecule has 116 valence electrons. The zero-order chi connectivity index (χ0) is 14.8. The molecule has 0 amide bonds. The normalized spacial score (nSPS) is 25.6. The molecule has 5 heteroatoms. The fraction of sp³-hybridized carbons (Fsp3) is 0.625. The Balaban J connectivity index is 1.70. The number of hydrogen-bond donors (Lipinski definition) is 1. The Hall–Kier alpha value is -0.130. The van der Waals surface area contributed by atoms with Crippen LogP contribution in [0.15, 0.2) is 22.7 Å². The lowest BCUT2D eigenvalue weighted by molar-refractivity contribution is 0.203. The molecule has 3 nitrogen and oxygen atoms in total. The van der Waals surface area contributed by atoms with E-state index in [0.717, 1.165) is 28.6 Å². The van der Waals surface area contributed by atoms with E-state index in [-0.39, 0.29) is 0 Å². The Morgan fingerprint density at radius 1 is 1.29 bits per heavy atom. The van der Waals surface area contributed by atoms with Gasteiger partial charge in [0.05, 0.1) is 5.02 Å². The standard InChI is InChI=1S/C16H23BrClN3/c17-14-9-12(3-4-15(14)18)16(10-19)21-8-5-13(11-21)20-6-1-2-7-20/h3-4,9,13,16H,1-2,5-8,10-11,19H2. The van der Waals surface area contributed by atoms with Crippen LogP contribution in [0.5, 0.6) is 0 Å². The third kappa shape index (κ3) is 3.45. The predicted molar refractivity (Wildman–Crippen MR) is 91.7 cm³/mol. The summed E-state index contributed by atoms with van der Waals surface area (Å²) in [6.07, 6.45) is 3.99. The summed E-state index contributed by atoms with van der Waals surface area (Å²) in [6, 6.07) is 7.19. The van der Waals surface area contributed by atoms with Crippen molar-refractivity contribution in [2.24, 2.45) is 5.73 Å². The number of halogens is 2. The average Bonchev–Trinajstić information content (AvgIpc) is 3.14. The lowest BCUT2D eigenvalue weighted by atomic mass is 10.1. The van der Waals surface area contributed by atoms with Crippen LogP contribution in [0, 0.1) is 0 Å². The Morgan fingerprint density at radius 3 is 2.71 bits per heavy atom. The van der Waals surface area contributed by atoms with Crippen LogP contribution < -0.4 is 5.73 Å². The van der Waals surface area contributed by atoms with E-state index in [1.165, 1.54) is 37.9 Å². The molecule has 2 heterocycles. The molecule has 0 aromatic heterocycles. The molecule has 3 rings (SSSR count). The van der Waals surface area contributed by atoms with Crippen molar-refractivity contribution >= 4 is 27.5 Å². The van der Waals surface area contributed by atoms with Crippen LogP contribution >= 0.6 is 27.5 Å². The molecule has 0 aliphatic carbocycles. The first-order valence-electron chi connectivity index (χ1n) is 7.82. The lowest BCUT2D eigenvalue weighted by Gasteiger charge is -2.29. The highest BCUT2D eigenvalue weighted by atomic mass is 79.9. The fourth-order valence-corrected chi connectivity index (χ4v) is 4.19. The second-order valence-corrected chi connectivity index (χ2v) is 7.37. The first-order chi connectivity index (χ1) is 10.2. The van der Waals surface area contributed by atoms with Crippen molar-refractivity contribution < 1.29 is 0 Å². The van der Waals surface area contributed by atoms with E-state index in [2.05, 4.69) is 37.9 Å². The molecule has 2 unspecified atom stereocenters. The summed E-state index contributed by atoms with van der Waals surface area (Å²) in [5.41, 5.74) is 7.33. The molecular formula is C16H23BrClN3. The van der Waals surface area contributed by atoms with Gasteiger partial charge in [-0.2, -0.15) is 0 Å². The zero-order valence-electron chi connectivity index (χ0n) is 12.3. The molecule has 0 spiro atoms. The lowest BCUT2D eigenvalue weighted by Crippen LogP contribution is -2.38. The van der Waals surface area contributed by atoms with E-state index in [0.29, 0.717) is 12.6 Å². The summed E-state index contributed by atoms with van der Waals surface area (Å²) in [7, 11) is 0. The van der Waals surface area contributed by atoms with Crippen molar-refractivity contribution in [3.05, 3.63) is 33.3 Å². The van der Waals surface area contributed by atoms with E-state index in [4.69, 9.17) is 17.3 Å². The number of benzene rings is 1. The summed E-state index contributed by atoms with van der Waals surface area (Å²) in [5, 5.41) is 0.755. The molecule has 1 aromatic carbocycles. The monoisotopic (exact) mass is 371 g/mol. The van der Waals surface area contributed by atoms with Crippen LogP contribution in [0.25, 0.3) is 0 Å². The van der Waals surface area contributed by atoms with Gasteiger partial charge in [-0.3, -0.25) is 9.80 Å². The number of rotatable bonds is 4. The smallest absolute Gasteiger partial charge is 0.0548 e. The van der Waals surface area contributed by atoms with Crippen molar-refractivity contribution in [3.8, 4) is 0 Å². The summed E-state index contributed by atoms with van der Waals surface area (Å²) < 4.78 is 0.954. The maximum absolute atomic E-state index is 6.10. The van der Waals surface area contributed by atoms with Gasteiger partial charge < -0.3 is 5.73 Å². The van der Waals surface area contributed by atoms with Gasteiger partial charge in [-0.25, -0.2) is 0 Å². The van der Waals surface area contributed by atoms with Crippen LogP contribution in [0.2, 0.25) is 5.02 Å². The van der Waals surface area contributed by atoms with Crippen molar-refractivity contribution in [2.75, 3.05) is 32.7 Å².